The Morgan fingerprint density at radius 2 is 1.51 bits per heavy atom. The molecule has 5 rings (SSSR count). The van der Waals surface area contributed by atoms with E-state index in [0.717, 1.165) is 5.56 Å². The van der Waals surface area contributed by atoms with Crippen molar-refractivity contribution in [2.45, 2.75) is 43.4 Å². The maximum absolute atomic E-state index is 14.0. The second-order valence-electron chi connectivity index (χ2n) is 10.5. The van der Waals surface area contributed by atoms with Crippen molar-refractivity contribution in [3.05, 3.63) is 81.4 Å². The highest BCUT2D eigenvalue weighted by Gasteiger charge is 2.73. The van der Waals surface area contributed by atoms with Crippen molar-refractivity contribution in [1.29, 1.82) is 10.5 Å². The highest BCUT2D eigenvalue weighted by atomic mass is 35.5. The molecule has 0 radical (unpaired) electrons. The summed E-state index contributed by atoms with van der Waals surface area (Å²) in [6, 6.07) is 18.8. The van der Waals surface area contributed by atoms with Crippen LogP contribution >= 0.6 is 23.2 Å². The van der Waals surface area contributed by atoms with Gasteiger partial charge in [-0.25, -0.2) is 4.90 Å². The number of Topliss-reactive ketones (excluding diaryl/α,β-unsaturated/α-hetero) is 1. The summed E-state index contributed by atoms with van der Waals surface area (Å²) in [6.07, 6.45) is 2.00. The lowest BCUT2D eigenvalue weighted by molar-refractivity contribution is -0.00728. The van der Waals surface area contributed by atoms with Gasteiger partial charge < -0.3 is 4.74 Å². The Kier molecular flexibility index (Phi) is 6.47. The minimum Gasteiger partial charge on any atom is -0.379 e. The molecule has 2 aromatic rings. The number of nitrogens with zero attached hydrogens (tertiary/aromatic N) is 4. The molecule has 190 valence electrons. The molecule has 0 amide bonds. The lowest BCUT2D eigenvalue weighted by atomic mass is 9.75. The third kappa shape index (κ3) is 3.67. The summed E-state index contributed by atoms with van der Waals surface area (Å²) >= 11 is 12.3. The first kappa shape index (κ1) is 25.9. The van der Waals surface area contributed by atoms with E-state index in [1.165, 1.54) is 0 Å². The van der Waals surface area contributed by atoms with E-state index in [4.69, 9.17) is 27.9 Å². The van der Waals surface area contributed by atoms with E-state index >= 15 is 0 Å². The van der Waals surface area contributed by atoms with Gasteiger partial charge in [0.25, 0.3) is 0 Å². The van der Waals surface area contributed by atoms with Crippen molar-refractivity contribution in [3.8, 4) is 12.1 Å². The van der Waals surface area contributed by atoms with Gasteiger partial charge >= 0.3 is 0 Å². The van der Waals surface area contributed by atoms with Crippen LogP contribution < -0.4 is 0 Å². The van der Waals surface area contributed by atoms with Crippen molar-refractivity contribution < 1.29 is 9.53 Å². The molecule has 0 N–H and O–H groups in total. The highest BCUT2D eigenvalue weighted by Crippen LogP contribution is 2.62. The fourth-order valence-electron chi connectivity index (χ4n) is 6.83. The normalized spacial score (nSPS) is 28.7. The van der Waals surface area contributed by atoms with E-state index in [-0.39, 0.29) is 11.7 Å². The number of carbonyl (C=O) groups excluding carboxylic acids is 1. The van der Waals surface area contributed by atoms with Crippen LogP contribution in [0.3, 0.4) is 0 Å². The smallest absolute Gasteiger partial charge is 0.213 e. The maximum Gasteiger partial charge on any atom is 0.213 e. The predicted molar refractivity (Wildman–Crippen MR) is 142 cm³/mol. The summed E-state index contributed by atoms with van der Waals surface area (Å²) in [5.41, 5.74) is -1.39. The van der Waals surface area contributed by atoms with Gasteiger partial charge in [0.2, 0.25) is 5.54 Å². The minimum atomic E-state index is -1.52. The summed E-state index contributed by atoms with van der Waals surface area (Å²) in [6.45, 7) is 8.30. The van der Waals surface area contributed by atoms with Gasteiger partial charge in [-0.1, -0.05) is 48.3 Å². The fourth-order valence-corrected chi connectivity index (χ4v) is 7.08. The molecule has 0 aromatic heterocycles. The Bertz CT molecular complexity index is 1320. The lowest BCUT2D eigenvalue weighted by Crippen LogP contribution is -2.63. The van der Waals surface area contributed by atoms with Gasteiger partial charge in [0.15, 0.2) is 5.78 Å². The van der Waals surface area contributed by atoms with Gasteiger partial charge in [-0.3, -0.25) is 9.69 Å². The van der Waals surface area contributed by atoms with Crippen LogP contribution in [0, 0.1) is 28.6 Å². The van der Waals surface area contributed by atoms with Crippen LogP contribution in [0.4, 0.5) is 0 Å². The summed E-state index contributed by atoms with van der Waals surface area (Å²) < 4.78 is 5.59. The van der Waals surface area contributed by atoms with E-state index in [1.807, 2.05) is 49.1 Å². The monoisotopic (exact) mass is 534 g/mol. The molecule has 37 heavy (non-hydrogen) atoms. The molecule has 6 nitrogen and oxygen atoms in total. The zero-order valence-corrected chi connectivity index (χ0v) is 22.6. The Morgan fingerprint density at radius 3 is 2.05 bits per heavy atom. The van der Waals surface area contributed by atoms with Gasteiger partial charge in [-0.05, 0) is 55.8 Å². The first-order valence-corrected chi connectivity index (χ1v) is 13.1. The largest absolute Gasteiger partial charge is 0.379 e. The quantitative estimate of drug-likeness (QED) is 0.499. The van der Waals surface area contributed by atoms with Crippen molar-refractivity contribution >= 4 is 29.0 Å². The van der Waals surface area contributed by atoms with E-state index < -0.39 is 22.7 Å². The second kappa shape index (κ2) is 9.24. The second-order valence-corrected chi connectivity index (χ2v) is 11.4. The minimum absolute atomic E-state index is 0.149. The van der Waals surface area contributed by atoms with Crippen LogP contribution in [0.25, 0.3) is 0 Å². The molecule has 8 heteroatoms. The molecule has 3 aliphatic rings. The average molecular weight is 535 g/mol. The Morgan fingerprint density at radius 1 is 0.973 bits per heavy atom. The molecule has 3 atom stereocenters. The van der Waals surface area contributed by atoms with Crippen molar-refractivity contribution in [3.63, 3.8) is 0 Å². The zero-order chi connectivity index (χ0) is 26.6. The molecule has 3 heterocycles. The van der Waals surface area contributed by atoms with Gasteiger partial charge in [0.1, 0.15) is 12.1 Å². The van der Waals surface area contributed by atoms with E-state index in [9.17, 15) is 15.3 Å². The van der Waals surface area contributed by atoms with Gasteiger partial charge in [0.05, 0.1) is 24.8 Å². The Hall–Kier alpha value is -2.71. The molecule has 0 bridgehead atoms. The van der Waals surface area contributed by atoms with E-state index in [0.29, 0.717) is 47.5 Å². The molecule has 2 saturated heterocycles. The summed E-state index contributed by atoms with van der Waals surface area (Å²) in [7, 11) is 0. The number of fused-ring (bicyclic) bond motifs is 1. The van der Waals surface area contributed by atoms with Crippen molar-refractivity contribution in [2.24, 2.45) is 5.92 Å². The number of rotatable bonds is 4. The van der Waals surface area contributed by atoms with Crippen molar-refractivity contribution in [1.82, 2.24) is 9.80 Å². The molecular weight excluding hydrogens is 507 g/mol. The fraction of sp³-hybridized carbons (Fsp3) is 0.414. The van der Waals surface area contributed by atoms with Gasteiger partial charge in [-0.2, -0.15) is 10.5 Å². The Balaban J connectivity index is 1.77. The van der Waals surface area contributed by atoms with Crippen molar-refractivity contribution in [2.75, 3.05) is 26.3 Å². The summed E-state index contributed by atoms with van der Waals surface area (Å²) in [5.74, 6) is -0.356. The van der Waals surface area contributed by atoms with Crippen LogP contribution in [0.1, 0.15) is 36.7 Å². The van der Waals surface area contributed by atoms with E-state index in [2.05, 4.69) is 24.0 Å². The molecular formula is C29H28Cl2N4O2. The topological polar surface area (TPSA) is 80.4 Å². The number of halogens is 2. The molecule has 0 unspecified atom stereocenters. The van der Waals surface area contributed by atoms with E-state index in [1.54, 1.807) is 24.3 Å². The SMILES string of the molecule is C[C@H]1[C@H](N2CCOCC2)C(C#N)(C#N)N2C(C)(C)C(C(=O)c3ccc(Cl)cc3)=C[C@]12c1ccc(Cl)cc1. The first-order valence-electron chi connectivity index (χ1n) is 12.4. The number of hydrogen-bond donors (Lipinski definition) is 0. The Labute approximate surface area is 227 Å². The van der Waals surface area contributed by atoms with Gasteiger partial charge in [-0.15, -0.1) is 0 Å². The molecule has 0 aliphatic carbocycles. The van der Waals surface area contributed by atoms with Gasteiger partial charge in [0, 0.05) is 45.7 Å². The summed E-state index contributed by atoms with van der Waals surface area (Å²) in [5, 5.41) is 22.7. The number of carbonyl (C=O) groups is 1. The predicted octanol–water partition coefficient (Wildman–Crippen LogP) is 5.23. The maximum atomic E-state index is 14.0. The number of hydrogen-bond acceptors (Lipinski definition) is 6. The zero-order valence-electron chi connectivity index (χ0n) is 21.0. The third-order valence-corrected chi connectivity index (χ3v) is 8.84. The van der Waals surface area contributed by atoms with Crippen LogP contribution in [0.15, 0.2) is 60.2 Å². The average Bonchev–Trinajstić information content (AvgIpc) is 3.30. The standard InChI is InChI=1S/C29H28Cl2N4O2/c1-19-26(34-12-14-37-15-13-34)28(17-32,18-33)35-27(2,3)24(25(36)20-4-8-22(30)9-5-20)16-29(19,35)21-6-10-23(31)11-7-21/h4-11,16,19,26H,12-15H2,1-3H3/t19-,26-,29+/m0/s1. The number of ketones is 1. The van der Waals surface area contributed by atoms with Crippen LogP contribution in [-0.4, -0.2) is 59.0 Å². The third-order valence-electron chi connectivity index (χ3n) is 8.34. The molecule has 2 fully saturated rings. The molecule has 0 spiro atoms. The number of benzene rings is 2. The van der Waals surface area contributed by atoms with Crippen LogP contribution in [-0.2, 0) is 10.3 Å². The number of morpholine rings is 1. The highest BCUT2D eigenvalue weighted by molar-refractivity contribution is 6.31. The lowest BCUT2D eigenvalue weighted by Gasteiger charge is -2.46. The molecule has 0 saturated carbocycles. The molecule has 2 aromatic carbocycles. The molecule has 3 aliphatic heterocycles. The number of nitriles is 2. The van der Waals surface area contributed by atoms with Crippen LogP contribution in [0.2, 0.25) is 10.0 Å². The number of ether oxygens (including phenoxy) is 1. The van der Waals surface area contributed by atoms with Crippen LogP contribution in [0.5, 0.6) is 0 Å². The first-order chi connectivity index (χ1) is 17.6. The summed E-state index contributed by atoms with van der Waals surface area (Å²) in [4.78, 5) is 18.2.